The topological polar surface area (TPSA) is 69.6 Å². The minimum atomic E-state index is -0.894. The van der Waals surface area contributed by atoms with Crippen LogP contribution in [-0.4, -0.2) is 35.4 Å². The SMILES string of the molecule is O=C(O)[C@H]1CCNC[C@H]1O. The summed E-state index contributed by atoms with van der Waals surface area (Å²) in [6.45, 7) is 1.09. The fourth-order valence-electron chi connectivity index (χ4n) is 1.13. The van der Waals surface area contributed by atoms with Crippen LogP contribution in [0.4, 0.5) is 0 Å². The molecule has 0 spiro atoms. The molecule has 1 saturated heterocycles. The number of nitrogens with one attached hydrogen (secondary N) is 1. The van der Waals surface area contributed by atoms with E-state index in [0.29, 0.717) is 19.5 Å². The summed E-state index contributed by atoms with van der Waals surface area (Å²) in [5.41, 5.74) is 0. The smallest absolute Gasteiger partial charge is 0.309 e. The van der Waals surface area contributed by atoms with E-state index in [2.05, 4.69) is 5.32 Å². The molecule has 10 heavy (non-hydrogen) atoms. The molecule has 0 bridgehead atoms. The van der Waals surface area contributed by atoms with Crippen molar-refractivity contribution >= 4 is 5.97 Å². The summed E-state index contributed by atoms with van der Waals surface area (Å²) in [5.74, 6) is -1.46. The molecular weight excluding hydrogens is 134 g/mol. The van der Waals surface area contributed by atoms with Gasteiger partial charge in [-0.2, -0.15) is 0 Å². The summed E-state index contributed by atoms with van der Waals surface area (Å²) in [4.78, 5) is 10.4. The standard InChI is InChI=1S/C6H11NO3/c8-5-3-7-2-1-4(5)6(9)10/h4-5,7-8H,1-3H2,(H,9,10)/t4-,5+/m0/s1. The molecule has 0 unspecified atom stereocenters. The van der Waals surface area contributed by atoms with E-state index < -0.39 is 18.0 Å². The second kappa shape index (κ2) is 2.98. The summed E-state index contributed by atoms with van der Waals surface area (Å²) < 4.78 is 0. The van der Waals surface area contributed by atoms with Crippen LogP contribution in [0.3, 0.4) is 0 Å². The Labute approximate surface area is 58.9 Å². The van der Waals surface area contributed by atoms with Gasteiger partial charge in [0.25, 0.3) is 0 Å². The van der Waals surface area contributed by atoms with Crippen molar-refractivity contribution in [2.45, 2.75) is 12.5 Å². The summed E-state index contributed by atoms with van der Waals surface area (Å²) in [5, 5.41) is 20.5. The minimum absolute atomic E-state index is 0.400. The first-order chi connectivity index (χ1) is 4.72. The molecule has 0 amide bonds. The van der Waals surface area contributed by atoms with E-state index in [-0.39, 0.29) is 0 Å². The largest absolute Gasteiger partial charge is 0.481 e. The van der Waals surface area contributed by atoms with Crippen molar-refractivity contribution in [1.82, 2.24) is 5.32 Å². The Kier molecular flexibility index (Phi) is 2.24. The van der Waals surface area contributed by atoms with Gasteiger partial charge in [-0.05, 0) is 13.0 Å². The van der Waals surface area contributed by atoms with Crippen LogP contribution in [0, 0.1) is 5.92 Å². The molecule has 0 saturated carbocycles. The quantitative estimate of drug-likeness (QED) is 0.444. The highest BCUT2D eigenvalue weighted by Crippen LogP contribution is 2.11. The van der Waals surface area contributed by atoms with Gasteiger partial charge in [0.1, 0.15) is 0 Å². The zero-order valence-electron chi connectivity index (χ0n) is 5.58. The van der Waals surface area contributed by atoms with Gasteiger partial charge in [0.05, 0.1) is 12.0 Å². The summed E-state index contributed by atoms with van der Waals surface area (Å²) in [6.07, 6.45) is -0.192. The van der Waals surface area contributed by atoms with Crippen LogP contribution in [0.15, 0.2) is 0 Å². The van der Waals surface area contributed by atoms with E-state index in [9.17, 15) is 4.79 Å². The molecule has 0 aliphatic carbocycles. The Bertz CT molecular complexity index is 137. The van der Waals surface area contributed by atoms with Crippen molar-refractivity contribution in [2.24, 2.45) is 5.92 Å². The maximum Gasteiger partial charge on any atom is 0.309 e. The van der Waals surface area contributed by atoms with Gasteiger partial charge in [-0.1, -0.05) is 0 Å². The van der Waals surface area contributed by atoms with Crippen LogP contribution >= 0.6 is 0 Å². The van der Waals surface area contributed by atoms with E-state index in [1.165, 1.54) is 0 Å². The maximum atomic E-state index is 10.4. The molecule has 3 N–H and O–H groups in total. The monoisotopic (exact) mass is 145 g/mol. The van der Waals surface area contributed by atoms with Gasteiger partial charge < -0.3 is 15.5 Å². The number of β-amino-alcohol motifs (C(OH)–C–C–N with tert-alkyl or cyclic N) is 1. The zero-order chi connectivity index (χ0) is 7.56. The van der Waals surface area contributed by atoms with Gasteiger partial charge in [-0.3, -0.25) is 4.79 Å². The second-order valence-electron chi connectivity index (χ2n) is 2.50. The lowest BCUT2D eigenvalue weighted by atomic mass is 9.96. The van der Waals surface area contributed by atoms with Crippen LogP contribution in [0.2, 0.25) is 0 Å². The van der Waals surface area contributed by atoms with Crippen LogP contribution in [0.1, 0.15) is 6.42 Å². The Hall–Kier alpha value is -0.610. The van der Waals surface area contributed by atoms with E-state index in [1.807, 2.05) is 0 Å². The molecule has 0 radical (unpaired) electrons. The lowest BCUT2D eigenvalue weighted by Crippen LogP contribution is -2.43. The van der Waals surface area contributed by atoms with Crippen molar-refractivity contribution in [3.05, 3.63) is 0 Å². The molecule has 4 heteroatoms. The third kappa shape index (κ3) is 1.46. The number of aliphatic hydroxyl groups is 1. The number of hydrogen-bond donors (Lipinski definition) is 3. The van der Waals surface area contributed by atoms with E-state index >= 15 is 0 Å². The Morgan fingerprint density at radius 3 is 2.70 bits per heavy atom. The molecule has 4 nitrogen and oxygen atoms in total. The molecule has 1 aliphatic rings. The summed E-state index contributed by atoms with van der Waals surface area (Å²) in [7, 11) is 0. The van der Waals surface area contributed by atoms with Gasteiger partial charge in [0.15, 0.2) is 0 Å². The Morgan fingerprint density at radius 2 is 2.30 bits per heavy atom. The molecule has 1 heterocycles. The van der Waals surface area contributed by atoms with Crippen molar-refractivity contribution in [2.75, 3.05) is 13.1 Å². The van der Waals surface area contributed by atoms with Gasteiger partial charge >= 0.3 is 5.97 Å². The van der Waals surface area contributed by atoms with Crippen LogP contribution in [-0.2, 0) is 4.79 Å². The van der Waals surface area contributed by atoms with Crippen LogP contribution in [0.25, 0.3) is 0 Å². The summed E-state index contributed by atoms with van der Waals surface area (Å²) in [6, 6.07) is 0. The van der Waals surface area contributed by atoms with E-state index in [0.717, 1.165) is 0 Å². The molecule has 1 rings (SSSR count). The molecule has 0 aromatic carbocycles. The predicted octanol–water partition coefficient (Wildman–Crippen LogP) is -0.959. The van der Waals surface area contributed by atoms with Crippen molar-refractivity contribution in [1.29, 1.82) is 0 Å². The molecule has 1 aliphatic heterocycles. The number of carbonyl (C=O) groups is 1. The Balaban J connectivity index is 2.47. The number of rotatable bonds is 1. The number of hydrogen-bond acceptors (Lipinski definition) is 3. The highest BCUT2D eigenvalue weighted by atomic mass is 16.4. The fourth-order valence-corrected chi connectivity index (χ4v) is 1.13. The van der Waals surface area contributed by atoms with E-state index in [4.69, 9.17) is 10.2 Å². The highest BCUT2D eigenvalue weighted by Gasteiger charge is 2.28. The van der Waals surface area contributed by atoms with Crippen molar-refractivity contribution in [3.63, 3.8) is 0 Å². The Morgan fingerprint density at radius 1 is 1.60 bits per heavy atom. The average molecular weight is 145 g/mol. The maximum absolute atomic E-state index is 10.4. The number of carboxylic acid groups (broad SMARTS) is 1. The average Bonchev–Trinajstić information content (AvgIpc) is 1.88. The minimum Gasteiger partial charge on any atom is -0.481 e. The molecule has 2 atom stereocenters. The van der Waals surface area contributed by atoms with Gasteiger partial charge in [0.2, 0.25) is 0 Å². The van der Waals surface area contributed by atoms with Crippen LogP contribution < -0.4 is 5.32 Å². The van der Waals surface area contributed by atoms with Crippen molar-refractivity contribution in [3.8, 4) is 0 Å². The number of aliphatic hydroxyl groups excluding tert-OH is 1. The first-order valence-electron chi connectivity index (χ1n) is 3.33. The first-order valence-corrected chi connectivity index (χ1v) is 3.33. The first kappa shape index (κ1) is 7.50. The predicted molar refractivity (Wildman–Crippen MR) is 34.6 cm³/mol. The van der Waals surface area contributed by atoms with Gasteiger partial charge in [0, 0.05) is 6.54 Å². The lowest BCUT2D eigenvalue weighted by molar-refractivity contribution is -0.146. The third-order valence-electron chi connectivity index (χ3n) is 1.77. The molecule has 58 valence electrons. The molecule has 1 fully saturated rings. The van der Waals surface area contributed by atoms with E-state index in [1.54, 1.807) is 0 Å². The number of carboxylic acids is 1. The second-order valence-corrected chi connectivity index (χ2v) is 2.50. The molecular formula is C6H11NO3. The van der Waals surface area contributed by atoms with Crippen molar-refractivity contribution < 1.29 is 15.0 Å². The van der Waals surface area contributed by atoms with Gasteiger partial charge in [-0.25, -0.2) is 0 Å². The third-order valence-corrected chi connectivity index (χ3v) is 1.77. The normalized spacial score (nSPS) is 33.7. The number of piperidine rings is 1. The number of aliphatic carboxylic acids is 1. The molecule has 0 aromatic heterocycles. The fraction of sp³-hybridized carbons (Fsp3) is 0.833. The lowest BCUT2D eigenvalue weighted by Gasteiger charge is -2.24. The van der Waals surface area contributed by atoms with Gasteiger partial charge in [-0.15, -0.1) is 0 Å². The molecule has 0 aromatic rings. The highest BCUT2D eigenvalue weighted by molar-refractivity contribution is 5.70. The summed E-state index contributed by atoms with van der Waals surface area (Å²) >= 11 is 0. The zero-order valence-corrected chi connectivity index (χ0v) is 5.58. The van der Waals surface area contributed by atoms with Crippen LogP contribution in [0.5, 0.6) is 0 Å².